The van der Waals surface area contributed by atoms with Crippen molar-refractivity contribution in [2.75, 3.05) is 18.4 Å². The van der Waals surface area contributed by atoms with E-state index in [1.54, 1.807) is 17.1 Å². The Morgan fingerprint density at radius 3 is 2.46 bits per heavy atom. The first-order chi connectivity index (χ1) is 19.4. The van der Waals surface area contributed by atoms with E-state index in [9.17, 15) is 14.4 Å². The predicted molar refractivity (Wildman–Crippen MR) is 150 cm³/mol. The van der Waals surface area contributed by atoms with E-state index in [4.69, 9.17) is 20.1 Å². The van der Waals surface area contributed by atoms with Crippen LogP contribution in [0.15, 0.2) is 42.9 Å². The number of aliphatic carboxylic acids is 2. The highest BCUT2D eigenvalue weighted by Crippen LogP contribution is 2.24. The molecule has 0 aliphatic carbocycles. The second kappa shape index (κ2) is 14.3. The van der Waals surface area contributed by atoms with Gasteiger partial charge in [-0.25, -0.2) is 14.8 Å². The van der Waals surface area contributed by atoms with E-state index >= 15 is 0 Å². The van der Waals surface area contributed by atoms with E-state index in [1.165, 1.54) is 5.56 Å². The Hall–Kier alpha value is -4.36. The average Bonchev–Trinajstić information content (AvgIpc) is 3.29. The molecular weight excluding hydrogens is 532 g/mol. The molecule has 0 spiro atoms. The Morgan fingerprint density at radius 2 is 1.90 bits per heavy atom. The molecule has 1 aromatic carbocycles. The molecule has 1 atom stereocenters. The van der Waals surface area contributed by atoms with Gasteiger partial charge in [0.05, 0.1) is 36.2 Å². The van der Waals surface area contributed by atoms with Gasteiger partial charge < -0.3 is 30.3 Å². The highest BCUT2D eigenvalue weighted by Gasteiger charge is 2.31. The molecule has 1 saturated heterocycles. The molecule has 0 saturated carbocycles. The predicted octanol–water partition coefficient (Wildman–Crippen LogP) is 2.40. The number of nitrogens with one attached hydrogen (secondary N) is 1. The minimum Gasteiger partial charge on any atom is -0.481 e. The maximum atomic E-state index is 12.5. The fourth-order valence-electron chi connectivity index (χ4n) is 4.10. The minimum atomic E-state index is -1.79. The topological polar surface area (TPSA) is 180 Å². The molecule has 1 aliphatic heterocycles. The smallest absolute Gasteiger partial charge is 0.333 e. The molecule has 220 valence electrons. The number of hydrogen-bond acceptors (Lipinski definition) is 9. The summed E-state index contributed by atoms with van der Waals surface area (Å²) < 4.78 is 7.45. The summed E-state index contributed by atoms with van der Waals surface area (Å²) in [6.07, 6.45) is 4.43. The van der Waals surface area contributed by atoms with Crippen molar-refractivity contribution in [2.24, 2.45) is 7.05 Å². The second-order valence-electron chi connectivity index (χ2n) is 9.99. The summed E-state index contributed by atoms with van der Waals surface area (Å²) in [6.45, 7) is 7.54. The minimum absolute atomic E-state index is 0.186. The first-order valence-electron chi connectivity index (χ1n) is 13.2. The average molecular weight is 569 g/mol. The Morgan fingerprint density at radius 1 is 1.17 bits per heavy atom. The number of aryl methyl sites for hydroxylation is 3. The maximum Gasteiger partial charge on any atom is 0.333 e. The number of likely N-dealkylation sites (tertiary alicyclic amines) is 1. The Balaban J connectivity index is 0.000000445. The Bertz CT molecular complexity index is 1350. The van der Waals surface area contributed by atoms with Crippen molar-refractivity contribution in [1.82, 2.24) is 24.6 Å². The van der Waals surface area contributed by atoms with Gasteiger partial charge in [0, 0.05) is 44.5 Å². The molecule has 3 aromatic rings. The Kier molecular flexibility index (Phi) is 10.9. The number of ether oxygens (including phenoxy) is 1. The number of aliphatic hydroxyl groups excluding tert-OH is 1. The van der Waals surface area contributed by atoms with Crippen molar-refractivity contribution in [3.8, 4) is 11.3 Å². The van der Waals surface area contributed by atoms with Crippen LogP contribution in [0, 0.1) is 6.92 Å². The van der Waals surface area contributed by atoms with Gasteiger partial charge in [0.2, 0.25) is 11.9 Å². The molecule has 13 nitrogen and oxygen atoms in total. The number of benzene rings is 1. The first kappa shape index (κ1) is 31.2. The Labute approximate surface area is 237 Å². The number of hydrogen-bond donors (Lipinski definition) is 4. The van der Waals surface area contributed by atoms with Crippen molar-refractivity contribution in [3.05, 3.63) is 54.0 Å². The molecular formula is C28H36N6O7. The van der Waals surface area contributed by atoms with Gasteiger partial charge in [0.1, 0.15) is 0 Å². The monoisotopic (exact) mass is 568 g/mol. The van der Waals surface area contributed by atoms with Gasteiger partial charge in [0.25, 0.3) is 0 Å². The van der Waals surface area contributed by atoms with Gasteiger partial charge in [-0.15, -0.1) is 0 Å². The number of carbonyl (C=O) groups excluding carboxylic acids is 1. The summed E-state index contributed by atoms with van der Waals surface area (Å²) in [7, 11) is 1.86. The molecule has 0 bridgehead atoms. The van der Waals surface area contributed by atoms with Gasteiger partial charge in [0.15, 0.2) is 6.10 Å². The SMILES string of the molecule is Cc1cc(-c2ccnc(Nc3cnn(C)c3)n2)ccc1CCC(=O)N1CC(OC(C)C)C1.O=C(O)C[C@H](O)C(=O)O. The van der Waals surface area contributed by atoms with Crippen LogP contribution >= 0.6 is 0 Å². The number of carbonyl (C=O) groups is 3. The summed E-state index contributed by atoms with van der Waals surface area (Å²) >= 11 is 0. The molecule has 1 fully saturated rings. The third-order valence-electron chi connectivity index (χ3n) is 6.18. The zero-order valence-corrected chi connectivity index (χ0v) is 23.5. The van der Waals surface area contributed by atoms with Crippen LogP contribution in [0.4, 0.5) is 11.6 Å². The maximum absolute atomic E-state index is 12.5. The number of rotatable bonds is 11. The third kappa shape index (κ3) is 9.65. The molecule has 1 aliphatic rings. The molecule has 4 rings (SSSR count). The molecule has 41 heavy (non-hydrogen) atoms. The van der Waals surface area contributed by atoms with Crippen LogP contribution in [0.5, 0.6) is 0 Å². The first-order valence-corrected chi connectivity index (χ1v) is 13.2. The number of anilines is 2. The highest BCUT2D eigenvalue weighted by atomic mass is 16.5. The number of amides is 1. The second-order valence-corrected chi connectivity index (χ2v) is 9.99. The van der Waals surface area contributed by atoms with Crippen molar-refractivity contribution >= 4 is 29.5 Å². The van der Waals surface area contributed by atoms with Gasteiger partial charge >= 0.3 is 11.9 Å². The molecule has 1 amide bonds. The van der Waals surface area contributed by atoms with Gasteiger partial charge in [-0.05, 0) is 50.5 Å². The van der Waals surface area contributed by atoms with Crippen LogP contribution < -0.4 is 5.32 Å². The lowest BCUT2D eigenvalue weighted by Crippen LogP contribution is -2.55. The van der Waals surface area contributed by atoms with Crippen LogP contribution in [-0.2, 0) is 32.6 Å². The number of nitrogens with zero attached hydrogens (tertiary/aromatic N) is 5. The van der Waals surface area contributed by atoms with Crippen LogP contribution in [0.25, 0.3) is 11.3 Å². The summed E-state index contributed by atoms with van der Waals surface area (Å²) in [5.74, 6) is -2.13. The number of aromatic nitrogens is 4. The third-order valence-corrected chi connectivity index (χ3v) is 6.18. The van der Waals surface area contributed by atoms with E-state index in [2.05, 4.69) is 45.5 Å². The van der Waals surface area contributed by atoms with E-state index in [0.717, 1.165) is 28.9 Å². The molecule has 4 N–H and O–H groups in total. The fraction of sp³-hybridized carbons (Fsp3) is 0.429. The lowest BCUT2D eigenvalue weighted by molar-refractivity contribution is -0.152. The quantitative estimate of drug-likeness (QED) is 0.267. The summed E-state index contributed by atoms with van der Waals surface area (Å²) in [5.41, 5.74) is 5.03. The summed E-state index contributed by atoms with van der Waals surface area (Å²) in [4.78, 5) is 42.7. The van der Waals surface area contributed by atoms with Crippen molar-refractivity contribution in [2.45, 2.75) is 58.3 Å². The van der Waals surface area contributed by atoms with E-state index in [1.807, 2.05) is 38.1 Å². The molecule has 3 heterocycles. The lowest BCUT2D eigenvalue weighted by atomic mass is 9.99. The highest BCUT2D eigenvalue weighted by molar-refractivity contribution is 5.79. The van der Waals surface area contributed by atoms with Gasteiger partial charge in [-0.3, -0.25) is 14.3 Å². The number of aliphatic hydroxyl groups is 1. The van der Waals surface area contributed by atoms with Gasteiger partial charge in [-0.1, -0.05) is 12.1 Å². The largest absolute Gasteiger partial charge is 0.481 e. The number of carboxylic acids is 2. The zero-order chi connectivity index (χ0) is 30.1. The normalized spacial score (nSPS) is 13.7. The molecule has 0 radical (unpaired) electrons. The van der Waals surface area contributed by atoms with Crippen LogP contribution in [0.3, 0.4) is 0 Å². The van der Waals surface area contributed by atoms with E-state index in [0.29, 0.717) is 25.5 Å². The molecule has 2 aromatic heterocycles. The van der Waals surface area contributed by atoms with Crippen LogP contribution in [0.1, 0.15) is 37.8 Å². The summed E-state index contributed by atoms with van der Waals surface area (Å²) in [5, 5.41) is 31.5. The van der Waals surface area contributed by atoms with Crippen molar-refractivity contribution in [1.29, 1.82) is 0 Å². The number of carboxylic acid groups (broad SMARTS) is 2. The molecule has 0 unspecified atom stereocenters. The van der Waals surface area contributed by atoms with Crippen LogP contribution in [-0.4, -0.2) is 89.2 Å². The van der Waals surface area contributed by atoms with Crippen molar-refractivity contribution < 1.29 is 34.4 Å². The van der Waals surface area contributed by atoms with Crippen molar-refractivity contribution in [3.63, 3.8) is 0 Å². The van der Waals surface area contributed by atoms with E-state index < -0.39 is 24.5 Å². The lowest BCUT2D eigenvalue weighted by Gasteiger charge is -2.40. The fourth-order valence-corrected chi connectivity index (χ4v) is 4.10. The molecule has 13 heteroatoms. The zero-order valence-electron chi connectivity index (χ0n) is 23.5. The van der Waals surface area contributed by atoms with Crippen LogP contribution in [0.2, 0.25) is 0 Å². The summed E-state index contributed by atoms with van der Waals surface area (Å²) in [6, 6.07) is 8.16. The van der Waals surface area contributed by atoms with Gasteiger partial charge in [-0.2, -0.15) is 5.10 Å². The van der Waals surface area contributed by atoms with E-state index in [-0.39, 0.29) is 18.1 Å². The standard InChI is InChI=1S/C24H30N6O2.C4H6O5/c1-16(2)32-21-14-30(15-21)23(31)8-7-18-5-6-19(11-17(18)3)22-9-10-25-24(28-22)27-20-12-26-29(4)13-20;5-2(4(8)9)1-3(6)7/h5-6,9-13,16,21H,7-8,14-15H2,1-4H3,(H,25,27,28);2,5H,1H2,(H,6,7)(H,8,9)/t;2-/m.0/s1.